The second kappa shape index (κ2) is 7.89. The zero-order valence-electron chi connectivity index (χ0n) is 15.4. The summed E-state index contributed by atoms with van der Waals surface area (Å²) in [5, 5.41) is 0. The molecule has 2 heterocycles. The van der Waals surface area contributed by atoms with Crippen molar-refractivity contribution in [3.8, 4) is 0 Å². The molecule has 0 bridgehead atoms. The molecular formula is C20H26N2O4. The minimum Gasteiger partial charge on any atom is -0.452 e. The van der Waals surface area contributed by atoms with Crippen LogP contribution in [0, 0.1) is 0 Å². The maximum Gasteiger partial charge on any atom is 0.338 e. The minimum atomic E-state index is -0.538. The predicted octanol–water partition coefficient (Wildman–Crippen LogP) is 2.76. The number of piperidine rings is 1. The van der Waals surface area contributed by atoms with Crippen molar-refractivity contribution < 1.29 is 19.1 Å². The van der Waals surface area contributed by atoms with Crippen LogP contribution in [0.3, 0.4) is 0 Å². The molecule has 2 aliphatic rings. The fraction of sp³-hybridized carbons (Fsp3) is 0.550. The molecule has 2 aliphatic heterocycles. The normalized spacial score (nSPS) is 23.2. The Morgan fingerprint density at radius 3 is 2.54 bits per heavy atom. The lowest BCUT2D eigenvalue weighted by molar-refractivity contribution is -0.140. The van der Waals surface area contributed by atoms with E-state index in [0.29, 0.717) is 24.2 Å². The third kappa shape index (κ3) is 3.89. The molecule has 26 heavy (non-hydrogen) atoms. The Bertz CT molecular complexity index is 693. The molecule has 0 unspecified atom stereocenters. The summed E-state index contributed by atoms with van der Waals surface area (Å²) in [7, 11) is 0. The first-order chi connectivity index (χ1) is 12.5. The molecule has 2 amide bonds. The van der Waals surface area contributed by atoms with Crippen LogP contribution in [-0.4, -0.2) is 47.9 Å². The summed E-state index contributed by atoms with van der Waals surface area (Å²) < 4.78 is 5.25. The molecule has 3 rings (SSSR count). The fourth-order valence-corrected chi connectivity index (χ4v) is 3.92. The van der Waals surface area contributed by atoms with Gasteiger partial charge in [0.1, 0.15) is 0 Å². The van der Waals surface area contributed by atoms with Crippen molar-refractivity contribution in [1.29, 1.82) is 0 Å². The predicted molar refractivity (Wildman–Crippen MR) is 97.9 cm³/mol. The molecule has 0 spiro atoms. The highest BCUT2D eigenvalue weighted by Gasteiger charge is 2.29. The maximum absolute atomic E-state index is 12.5. The van der Waals surface area contributed by atoms with Gasteiger partial charge in [0.15, 0.2) is 6.61 Å². The van der Waals surface area contributed by atoms with Gasteiger partial charge < -0.3 is 14.5 Å². The number of esters is 1. The third-order valence-corrected chi connectivity index (χ3v) is 5.28. The molecule has 6 nitrogen and oxygen atoms in total. The molecule has 1 aromatic carbocycles. The molecule has 0 N–H and O–H groups in total. The number of anilines is 1. The van der Waals surface area contributed by atoms with Crippen LogP contribution in [0.25, 0.3) is 0 Å². The molecule has 2 atom stereocenters. The third-order valence-electron chi connectivity index (χ3n) is 5.28. The van der Waals surface area contributed by atoms with Crippen LogP contribution in [0.15, 0.2) is 24.3 Å². The lowest BCUT2D eigenvalue weighted by Gasteiger charge is -2.38. The lowest BCUT2D eigenvalue weighted by Crippen LogP contribution is -2.49. The number of hydrogen-bond donors (Lipinski definition) is 0. The summed E-state index contributed by atoms with van der Waals surface area (Å²) in [6, 6.07) is 7.19. The smallest absolute Gasteiger partial charge is 0.338 e. The molecule has 6 heteroatoms. The Balaban J connectivity index is 1.61. The largest absolute Gasteiger partial charge is 0.452 e. The standard InChI is InChI=1S/C20H26N2O4/c1-14-6-3-7-15(2)22(14)19(24)13-26-20(25)16-8-4-9-17(12-16)21-11-5-10-18(21)23/h4,8-9,12,14-15H,3,5-7,10-11,13H2,1-2H3/t14-,15-/m0/s1. The topological polar surface area (TPSA) is 66.9 Å². The van der Waals surface area contributed by atoms with Gasteiger partial charge in [0.25, 0.3) is 5.91 Å². The summed E-state index contributed by atoms with van der Waals surface area (Å²) in [6.45, 7) is 4.48. The number of benzene rings is 1. The average Bonchev–Trinajstić information content (AvgIpc) is 3.05. The quantitative estimate of drug-likeness (QED) is 0.776. The van der Waals surface area contributed by atoms with Crippen molar-refractivity contribution >= 4 is 23.5 Å². The van der Waals surface area contributed by atoms with Crippen LogP contribution in [0.4, 0.5) is 5.69 Å². The zero-order chi connectivity index (χ0) is 18.7. The van der Waals surface area contributed by atoms with E-state index in [0.717, 1.165) is 25.7 Å². The number of rotatable bonds is 4. The number of carbonyl (C=O) groups excluding carboxylic acids is 3. The van der Waals surface area contributed by atoms with Gasteiger partial charge in [-0.3, -0.25) is 9.59 Å². The van der Waals surface area contributed by atoms with E-state index in [2.05, 4.69) is 0 Å². The van der Waals surface area contributed by atoms with Crippen molar-refractivity contribution in [2.45, 2.75) is 58.0 Å². The van der Waals surface area contributed by atoms with Crippen LogP contribution >= 0.6 is 0 Å². The summed E-state index contributed by atoms with van der Waals surface area (Å²) in [5.41, 5.74) is 1.06. The van der Waals surface area contributed by atoms with Crippen molar-refractivity contribution in [2.24, 2.45) is 0 Å². The van der Waals surface area contributed by atoms with E-state index in [-0.39, 0.29) is 30.5 Å². The Labute approximate surface area is 154 Å². The van der Waals surface area contributed by atoms with Crippen LogP contribution in [-0.2, 0) is 14.3 Å². The molecule has 1 aromatic rings. The first-order valence-electron chi connectivity index (χ1n) is 9.36. The summed E-state index contributed by atoms with van der Waals surface area (Å²) in [4.78, 5) is 40.2. The highest BCUT2D eigenvalue weighted by molar-refractivity contribution is 5.97. The second-order valence-corrected chi connectivity index (χ2v) is 7.21. The minimum absolute atomic E-state index is 0.0683. The van der Waals surface area contributed by atoms with Crippen molar-refractivity contribution in [3.05, 3.63) is 29.8 Å². The Morgan fingerprint density at radius 1 is 1.15 bits per heavy atom. The highest BCUT2D eigenvalue weighted by atomic mass is 16.5. The van der Waals surface area contributed by atoms with Crippen LogP contribution in [0.1, 0.15) is 56.3 Å². The van der Waals surface area contributed by atoms with Crippen molar-refractivity contribution in [3.63, 3.8) is 0 Å². The van der Waals surface area contributed by atoms with E-state index < -0.39 is 5.97 Å². The molecule has 0 aromatic heterocycles. The molecule has 0 radical (unpaired) electrons. The van der Waals surface area contributed by atoms with Gasteiger partial charge in [-0.15, -0.1) is 0 Å². The van der Waals surface area contributed by atoms with E-state index in [9.17, 15) is 14.4 Å². The second-order valence-electron chi connectivity index (χ2n) is 7.21. The average molecular weight is 358 g/mol. The SMILES string of the molecule is C[C@H]1CCC[C@H](C)N1C(=O)COC(=O)c1cccc(N2CCCC2=O)c1. The summed E-state index contributed by atoms with van der Waals surface area (Å²) in [6.07, 6.45) is 4.45. The summed E-state index contributed by atoms with van der Waals surface area (Å²) in [5.74, 6) is -0.619. The molecule has 0 aliphatic carbocycles. The van der Waals surface area contributed by atoms with Gasteiger partial charge in [0, 0.05) is 30.7 Å². The lowest BCUT2D eigenvalue weighted by atomic mass is 9.97. The molecule has 2 fully saturated rings. The zero-order valence-corrected chi connectivity index (χ0v) is 15.4. The molecular weight excluding hydrogens is 332 g/mol. The van der Waals surface area contributed by atoms with Gasteiger partial charge in [-0.25, -0.2) is 4.79 Å². The molecule has 2 saturated heterocycles. The Hall–Kier alpha value is -2.37. The van der Waals surface area contributed by atoms with Gasteiger partial charge in [0.2, 0.25) is 5.91 Å². The van der Waals surface area contributed by atoms with E-state index in [1.54, 1.807) is 23.1 Å². The molecule has 0 saturated carbocycles. The van der Waals surface area contributed by atoms with Crippen LogP contribution in [0.5, 0.6) is 0 Å². The van der Waals surface area contributed by atoms with Crippen LogP contribution < -0.4 is 4.90 Å². The van der Waals surface area contributed by atoms with Crippen molar-refractivity contribution in [2.75, 3.05) is 18.1 Å². The first kappa shape index (κ1) is 18.4. The number of hydrogen-bond acceptors (Lipinski definition) is 4. The maximum atomic E-state index is 12.5. The number of ether oxygens (including phenoxy) is 1. The first-order valence-corrected chi connectivity index (χ1v) is 9.36. The summed E-state index contributed by atoms with van der Waals surface area (Å²) >= 11 is 0. The van der Waals surface area contributed by atoms with E-state index in [4.69, 9.17) is 4.74 Å². The number of carbonyl (C=O) groups is 3. The number of amides is 2. The van der Waals surface area contributed by atoms with Crippen LogP contribution in [0.2, 0.25) is 0 Å². The van der Waals surface area contributed by atoms with Gasteiger partial charge in [0.05, 0.1) is 5.56 Å². The number of nitrogens with zero attached hydrogens (tertiary/aromatic N) is 2. The van der Waals surface area contributed by atoms with Gasteiger partial charge in [-0.1, -0.05) is 6.07 Å². The monoisotopic (exact) mass is 358 g/mol. The number of likely N-dealkylation sites (tertiary alicyclic amines) is 1. The molecule has 140 valence electrons. The van der Waals surface area contributed by atoms with Crippen molar-refractivity contribution in [1.82, 2.24) is 4.90 Å². The highest BCUT2D eigenvalue weighted by Crippen LogP contribution is 2.24. The van der Waals surface area contributed by atoms with Gasteiger partial charge in [-0.05, 0) is 57.7 Å². The Kier molecular flexibility index (Phi) is 5.59. The fourth-order valence-electron chi connectivity index (χ4n) is 3.92. The van der Waals surface area contributed by atoms with E-state index >= 15 is 0 Å². The van der Waals surface area contributed by atoms with Gasteiger partial charge >= 0.3 is 5.97 Å². The van der Waals surface area contributed by atoms with E-state index in [1.165, 1.54) is 0 Å². The van der Waals surface area contributed by atoms with Gasteiger partial charge in [-0.2, -0.15) is 0 Å². The van der Waals surface area contributed by atoms with E-state index in [1.807, 2.05) is 24.8 Å². The Morgan fingerprint density at radius 2 is 1.88 bits per heavy atom.